The monoisotopic (exact) mass is 474 g/mol. The van der Waals surface area contributed by atoms with Gasteiger partial charge in [0, 0.05) is 25.2 Å². The standard InChI is InChI=1S/C22H18F4N6O2/c23-16-6-1-2-7-17(16)32-18(13-31-8-10-33-11-9-31)19(28-30-32)21-27-20(29-34-21)14-4-3-5-15(12-14)22(24,25)26/h1-7,12H,8-11,13H2. The second-order valence-electron chi connectivity index (χ2n) is 7.64. The summed E-state index contributed by atoms with van der Waals surface area (Å²) in [5.41, 5.74) is 0.241. The number of alkyl halides is 3. The summed E-state index contributed by atoms with van der Waals surface area (Å²) >= 11 is 0. The van der Waals surface area contributed by atoms with Gasteiger partial charge in [-0.2, -0.15) is 18.2 Å². The molecule has 0 radical (unpaired) electrons. The lowest BCUT2D eigenvalue weighted by atomic mass is 10.1. The van der Waals surface area contributed by atoms with Crippen LogP contribution >= 0.6 is 0 Å². The zero-order chi connectivity index (χ0) is 23.7. The average molecular weight is 474 g/mol. The molecule has 0 unspecified atom stereocenters. The fraction of sp³-hybridized carbons (Fsp3) is 0.273. The van der Waals surface area contributed by atoms with Crippen molar-refractivity contribution >= 4 is 0 Å². The van der Waals surface area contributed by atoms with Crippen molar-refractivity contribution in [3.8, 4) is 28.7 Å². The van der Waals surface area contributed by atoms with Crippen LogP contribution in [0.25, 0.3) is 28.7 Å². The van der Waals surface area contributed by atoms with Crippen molar-refractivity contribution in [2.24, 2.45) is 0 Å². The summed E-state index contributed by atoms with van der Waals surface area (Å²) in [6.07, 6.45) is -4.50. The number of rotatable bonds is 5. The van der Waals surface area contributed by atoms with Crippen LogP contribution in [0.2, 0.25) is 0 Å². The van der Waals surface area contributed by atoms with Crippen LogP contribution in [0.1, 0.15) is 11.3 Å². The van der Waals surface area contributed by atoms with E-state index in [0.29, 0.717) is 38.5 Å². The first-order chi connectivity index (χ1) is 16.4. The smallest absolute Gasteiger partial charge is 0.379 e. The van der Waals surface area contributed by atoms with Crippen LogP contribution in [0, 0.1) is 5.82 Å². The molecule has 1 aliphatic heterocycles. The Kier molecular flexibility index (Phi) is 5.84. The normalized spacial score (nSPS) is 15.1. The molecular weight excluding hydrogens is 456 g/mol. The number of nitrogens with zero attached hydrogens (tertiary/aromatic N) is 6. The van der Waals surface area contributed by atoms with E-state index in [0.717, 1.165) is 12.1 Å². The van der Waals surface area contributed by atoms with Crippen LogP contribution < -0.4 is 0 Å². The second kappa shape index (κ2) is 8.95. The maximum atomic E-state index is 14.5. The molecule has 0 bridgehead atoms. The number of morpholine rings is 1. The Hall–Kier alpha value is -3.64. The van der Waals surface area contributed by atoms with E-state index in [1.807, 2.05) is 0 Å². The number of ether oxygens (including phenoxy) is 1. The van der Waals surface area contributed by atoms with Gasteiger partial charge in [-0.15, -0.1) is 5.10 Å². The van der Waals surface area contributed by atoms with Crippen molar-refractivity contribution in [2.45, 2.75) is 12.7 Å². The number of aromatic nitrogens is 5. The summed E-state index contributed by atoms with van der Waals surface area (Å²) in [5.74, 6) is -0.547. The highest BCUT2D eigenvalue weighted by atomic mass is 19.4. The molecular formula is C22H18F4N6O2. The van der Waals surface area contributed by atoms with Crippen molar-refractivity contribution in [1.29, 1.82) is 0 Å². The van der Waals surface area contributed by atoms with E-state index < -0.39 is 17.6 Å². The Bertz CT molecular complexity index is 1300. The minimum absolute atomic E-state index is 0.0288. The molecule has 34 heavy (non-hydrogen) atoms. The molecule has 0 saturated carbocycles. The van der Waals surface area contributed by atoms with E-state index in [1.165, 1.54) is 22.9 Å². The molecule has 12 heteroatoms. The Morgan fingerprint density at radius 3 is 2.56 bits per heavy atom. The number of hydrogen-bond donors (Lipinski definition) is 0. The highest BCUT2D eigenvalue weighted by Crippen LogP contribution is 2.32. The fourth-order valence-electron chi connectivity index (χ4n) is 3.67. The van der Waals surface area contributed by atoms with Gasteiger partial charge in [0.1, 0.15) is 11.5 Å². The van der Waals surface area contributed by atoms with Crippen molar-refractivity contribution in [2.75, 3.05) is 26.3 Å². The molecule has 0 amide bonds. The van der Waals surface area contributed by atoms with Gasteiger partial charge in [0.15, 0.2) is 5.69 Å². The van der Waals surface area contributed by atoms with Crippen molar-refractivity contribution in [3.63, 3.8) is 0 Å². The fourth-order valence-corrected chi connectivity index (χ4v) is 3.67. The highest BCUT2D eigenvalue weighted by Gasteiger charge is 2.31. The lowest BCUT2D eigenvalue weighted by Crippen LogP contribution is -2.36. The minimum Gasteiger partial charge on any atom is -0.379 e. The van der Waals surface area contributed by atoms with Crippen LogP contribution in [0.3, 0.4) is 0 Å². The third-order valence-electron chi connectivity index (χ3n) is 5.40. The SMILES string of the molecule is Fc1ccccc1-n1nnc(-c2nc(-c3cccc(C(F)(F)F)c3)no2)c1CN1CCOCC1. The maximum absolute atomic E-state index is 14.5. The van der Waals surface area contributed by atoms with E-state index in [-0.39, 0.29) is 28.7 Å². The molecule has 8 nitrogen and oxygen atoms in total. The zero-order valence-electron chi connectivity index (χ0n) is 17.7. The molecule has 2 aromatic heterocycles. The molecule has 0 atom stereocenters. The van der Waals surface area contributed by atoms with Gasteiger partial charge >= 0.3 is 6.18 Å². The molecule has 0 spiro atoms. The molecule has 1 aliphatic rings. The third kappa shape index (κ3) is 4.41. The van der Waals surface area contributed by atoms with Crippen LogP contribution in [0.15, 0.2) is 53.1 Å². The maximum Gasteiger partial charge on any atom is 0.416 e. The molecule has 1 fully saturated rings. The first-order valence-corrected chi connectivity index (χ1v) is 10.4. The van der Waals surface area contributed by atoms with Gasteiger partial charge in [-0.1, -0.05) is 34.6 Å². The van der Waals surface area contributed by atoms with Gasteiger partial charge in [-0.05, 0) is 24.3 Å². The van der Waals surface area contributed by atoms with Crippen LogP contribution in [-0.4, -0.2) is 56.3 Å². The van der Waals surface area contributed by atoms with Crippen molar-refractivity contribution in [3.05, 3.63) is 65.6 Å². The summed E-state index contributed by atoms with van der Waals surface area (Å²) in [4.78, 5) is 6.35. The first-order valence-electron chi connectivity index (χ1n) is 10.4. The van der Waals surface area contributed by atoms with Gasteiger partial charge < -0.3 is 9.26 Å². The molecule has 5 rings (SSSR count). The summed E-state index contributed by atoms with van der Waals surface area (Å²) in [7, 11) is 0. The number of hydrogen-bond acceptors (Lipinski definition) is 7. The van der Waals surface area contributed by atoms with E-state index in [4.69, 9.17) is 9.26 Å². The summed E-state index contributed by atoms with van der Waals surface area (Å²) in [6, 6.07) is 10.8. The molecule has 3 heterocycles. The number of benzene rings is 2. The second-order valence-corrected chi connectivity index (χ2v) is 7.64. The van der Waals surface area contributed by atoms with Crippen molar-refractivity contribution < 1.29 is 26.8 Å². The highest BCUT2D eigenvalue weighted by molar-refractivity contribution is 5.60. The Morgan fingerprint density at radius 1 is 1.00 bits per heavy atom. The topological polar surface area (TPSA) is 82.1 Å². The predicted molar refractivity (Wildman–Crippen MR) is 111 cm³/mol. The van der Waals surface area contributed by atoms with Crippen molar-refractivity contribution in [1.82, 2.24) is 30.0 Å². The van der Waals surface area contributed by atoms with Crippen LogP contribution in [-0.2, 0) is 17.5 Å². The van der Waals surface area contributed by atoms with Crippen LogP contribution in [0.4, 0.5) is 17.6 Å². The third-order valence-corrected chi connectivity index (χ3v) is 5.40. The number of para-hydroxylation sites is 1. The van der Waals surface area contributed by atoms with E-state index in [1.54, 1.807) is 18.2 Å². The average Bonchev–Trinajstić information content (AvgIpc) is 3.47. The molecule has 4 aromatic rings. The van der Waals surface area contributed by atoms with Gasteiger partial charge in [0.05, 0.1) is 24.5 Å². The summed E-state index contributed by atoms with van der Waals surface area (Å²) in [6.45, 7) is 2.76. The minimum atomic E-state index is -4.50. The van der Waals surface area contributed by atoms with E-state index in [9.17, 15) is 17.6 Å². The van der Waals surface area contributed by atoms with Gasteiger partial charge in [-0.3, -0.25) is 4.90 Å². The van der Waals surface area contributed by atoms with E-state index in [2.05, 4.69) is 25.4 Å². The molecule has 0 aliphatic carbocycles. The largest absolute Gasteiger partial charge is 0.416 e. The van der Waals surface area contributed by atoms with Crippen LogP contribution in [0.5, 0.6) is 0 Å². The lowest BCUT2D eigenvalue weighted by Gasteiger charge is -2.26. The van der Waals surface area contributed by atoms with E-state index >= 15 is 0 Å². The van der Waals surface area contributed by atoms with Gasteiger partial charge in [0.2, 0.25) is 5.82 Å². The predicted octanol–water partition coefficient (Wildman–Crippen LogP) is 3.97. The number of halogens is 4. The quantitative estimate of drug-likeness (QED) is 0.405. The summed E-state index contributed by atoms with van der Waals surface area (Å²) < 4.78 is 65.9. The Morgan fingerprint density at radius 2 is 1.79 bits per heavy atom. The Balaban J connectivity index is 1.54. The first kappa shape index (κ1) is 22.2. The molecule has 2 aromatic carbocycles. The lowest BCUT2D eigenvalue weighted by molar-refractivity contribution is -0.137. The molecule has 176 valence electrons. The Labute approximate surface area is 190 Å². The zero-order valence-corrected chi connectivity index (χ0v) is 17.7. The summed E-state index contributed by atoms with van der Waals surface area (Å²) in [5, 5.41) is 12.1. The van der Waals surface area contributed by atoms with Gasteiger partial charge in [0.25, 0.3) is 5.89 Å². The van der Waals surface area contributed by atoms with Gasteiger partial charge in [-0.25, -0.2) is 9.07 Å². The molecule has 0 N–H and O–H groups in total. The molecule has 1 saturated heterocycles.